The van der Waals surface area contributed by atoms with E-state index in [1.807, 2.05) is 6.92 Å². The van der Waals surface area contributed by atoms with Gasteiger partial charge < -0.3 is 5.11 Å². The molecule has 0 aliphatic carbocycles. The quantitative estimate of drug-likeness (QED) is 0.798. The highest BCUT2D eigenvalue weighted by Gasteiger charge is 2.11. The van der Waals surface area contributed by atoms with Gasteiger partial charge in [-0.05, 0) is 24.6 Å². The molecule has 88 valence electrons. The fraction of sp³-hybridized carbons (Fsp3) is 0.417. The summed E-state index contributed by atoms with van der Waals surface area (Å²) >= 11 is 1.39. The Morgan fingerprint density at radius 2 is 2.25 bits per heavy atom. The van der Waals surface area contributed by atoms with Crippen LogP contribution in [0.2, 0.25) is 0 Å². The largest absolute Gasteiger partial charge is 0.478 e. The lowest BCUT2D eigenvalue weighted by Gasteiger charge is -2.10. The van der Waals surface area contributed by atoms with Crippen LogP contribution >= 0.6 is 11.8 Å². The number of carbonyl (C=O) groups is 1. The van der Waals surface area contributed by atoms with Gasteiger partial charge in [-0.2, -0.15) is 0 Å². The van der Waals surface area contributed by atoms with Crippen LogP contribution in [0.25, 0.3) is 0 Å². The fourth-order valence-corrected chi connectivity index (χ4v) is 2.57. The van der Waals surface area contributed by atoms with Gasteiger partial charge in [0.15, 0.2) is 0 Å². The summed E-state index contributed by atoms with van der Waals surface area (Å²) in [6, 6.07) is 3.89. The maximum absolute atomic E-state index is 13.4. The first kappa shape index (κ1) is 13.0. The van der Waals surface area contributed by atoms with E-state index >= 15 is 0 Å². The number of rotatable bonds is 5. The fourth-order valence-electron chi connectivity index (χ4n) is 1.41. The number of aromatic carboxylic acids is 1. The number of halogens is 1. The standard InChI is InChI=1S/C12H15FO2S/c1-3-4-8(2)16-11-7-9(12(14)15)5-6-10(11)13/h5-8H,3-4H2,1-2H3,(H,14,15). The minimum absolute atomic E-state index is 0.132. The lowest BCUT2D eigenvalue weighted by Crippen LogP contribution is -2.00. The van der Waals surface area contributed by atoms with E-state index < -0.39 is 5.97 Å². The van der Waals surface area contributed by atoms with Gasteiger partial charge in [-0.3, -0.25) is 0 Å². The van der Waals surface area contributed by atoms with Crippen LogP contribution < -0.4 is 0 Å². The van der Waals surface area contributed by atoms with Gasteiger partial charge in [-0.1, -0.05) is 20.3 Å². The Bertz CT molecular complexity index is 379. The second kappa shape index (κ2) is 5.89. The molecule has 0 saturated carbocycles. The first-order valence-corrected chi connectivity index (χ1v) is 6.12. The van der Waals surface area contributed by atoms with Gasteiger partial charge in [-0.15, -0.1) is 11.8 Å². The number of carboxylic acids is 1. The first-order valence-electron chi connectivity index (χ1n) is 5.24. The highest BCUT2D eigenvalue weighted by atomic mass is 32.2. The third kappa shape index (κ3) is 3.52. The lowest BCUT2D eigenvalue weighted by atomic mass is 10.2. The molecule has 1 rings (SSSR count). The van der Waals surface area contributed by atoms with Gasteiger partial charge >= 0.3 is 5.97 Å². The summed E-state index contributed by atoms with van der Waals surface area (Å²) in [5.74, 6) is -1.37. The molecule has 0 radical (unpaired) electrons. The van der Waals surface area contributed by atoms with E-state index in [1.54, 1.807) is 0 Å². The average Bonchev–Trinajstić information content (AvgIpc) is 2.21. The molecule has 0 fully saturated rings. The van der Waals surface area contributed by atoms with Gasteiger partial charge in [-0.25, -0.2) is 9.18 Å². The molecule has 0 aliphatic heterocycles. The van der Waals surface area contributed by atoms with E-state index in [0.29, 0.717) is 10.1 Å². The molecule has 4 heteroatoms. The predicted molar refractivity (Wildman–Crippen MR) is 63.6 cm³/mol. The average molecular weight is 242 g/mol. The third-order valence-electron chi connectivity index (χ3n) is 2.20. The summed E-state index contributed by atoms with van der Waals surface area (Å²) in [6.45, 7) is 4.09. The third-order valence-corrected chi connectivity index (χ3v) is 3.41. The molecule has 0 spiro atoms. The number of carboxylic acid groups (broad SMARTS) is 1. The Balaban J connectivity index is 2.85. The molecular weight excluding hydrogens is 227 g/mol. The Labute approximate surface area is 98.9 Å². The van der Waals surface area contributed by atoms with Gasteiger partial charge in [0.05, 0.1) is 5.56 Å². The monoisotopic (exact) mass is 242 g/mol. The Kier molecular flexibility index (Phi) is 4.80. The van der Waals surface area contributed by atoms with Crippen molar-refractivity contribution in [1.29, 1.82) is 0 Å². The van der Waals surface area contributed by atoms with Crippen LogP contribution in [0.4, 0.5) is 4.39 Å². The summed E-state index contributed by atoms with van der Waals surface area (Å²) in [4.78, 5) is 11.2. The molecule has 0 aromatic heterocycles. The van der Waals surface area contributed by atoms with Crippen LogP contribution in [0.15, 0.2) is 23.1 Å². The van der Waals surface area contributed by atoms with Crippen molar-refractivity contribution in [3.8, 4) is 0 Å². The van der Waals surface area contributed by atoms with Crippen LogP contribution in [0, 0.1) is 5.82 Å². The molecule has 0 bridgehead atoms. The van der Waals surface area contributed by atoms with Crippen molar-refractivity contribution in [1.82, 2.24) is 0 Å². The van der Waals surface area contributed by atoms with Gasteiger partial charge in [0.25, 0.3) is 0 Å². The summed E-state index contributed by atoms with van der Waals surface area (Å²) in [5.41, 5.74) is 0.132. The van der Waals surface area contributed by atoms with Crippen LogP contribution in [0.3, 0.4) is 0 Å². The zero-order chi connectivity index (χ0) is 12.1. The van der Waals surface area contributed by atoms with Gasteiger partial charge in [0.2, 0.25) is 0 Å². The molecule has 1 unspecified atom stereocenters. The molecule has 0 aliphatic rings. The van der Waals surface area contributed by atoms with Gasteiger partial charge in [0, 0.05) is 10.1 Å². The number of hydrogen-bond donors (Lipinski definition) is 1. The molecule has 16 heavy (non-hydrogen) atoms. The highest BCUT2D eigenvalue weighted by Crippen LogP contribution is 2.29. The van der Waals surface area contributed by atoms with E-state index in [2.05, 4.69) is 6.92 Å². The number of thioether (sulfide) groups is 1. The maximum Gasteiger partial charge on any atom is 0.335 e. The topological polar surface area (TPSA) is 37.3 Å². The van der Waals surface area contributed by atoms with Crippen molar-refractivity contribution in [2.75, 3.05) is 0 Å². The molecule has 0 saturated heterocycles. The first-order chi connectivity index (χ1) is 7.54. The van der Waals surface area contributed by atoms with Crippen LogP contribution in [0.1, 0.15) is 37.0 Å². The summed E-state index contributed by atoms with van der Waals surface area (Å²) < 4.78 is 13.4. The molecule has 1 aromatic carbocycles. The van der Waals surface area contributed by atoms with E-state index in [0.717, 1.165) is 12.8 Å². The summed E-state index contributed by atoms with van der Waals surface area (Å²) in [7, 11) is 0. The molecule has 1 atom stereocenters. The highest BCUT2D eigenvalue weighted by molar-refractivity contribution is 8.00. The minimum Gasteiger partial charge on any atom is -0.478 e. The number of benzene rings is 1. The summed E-state index contributed by atoms with van der Waals surface area (Å²) in [6.07, 6.45) is 2.02. The second-order valence-corrected chi connectivity index (χ2v) is 5.15. The van der Waals surface area contributed by atoms with E-state index in [-0.39, 0.29) is 11.4 Å². The van der Waals surface area contributed by atoms with Crippen molar-refractivity contribution in [2.45, 2.75) is 36.8 Å². The Morgan fingerprint density at radius 3 is 2.81 bits per heavy atom. The lowest BCUT2D eigenvalue weighted by molar-refractivity contribution is 0.0696. The van der Waals surface area contributed by atoms with Crippen molar-refractivity contribution in [2.24, 2.45) is 0 Å². The van der Waals surface area contributed by atoms with Crippen molar-refractivity contribution < 1.29 is 14.3 Å². The summed E-state index contributed by atoms with van der Waals surface area (Å²) in [5, 5.41) is 9.10. The van der Waals surface area contributed by atoms with E-state index in [9.17, 15) is 9.18 Å². The molecule has 1 aromatic rings. The number of hydrogen-bond acceptors (Lipinski definition) is 2. The normalized spacial score (nSPS) is 12.4. The second-order valence-electron chi connectivity index (χ2n) is 3.67. The maximum atomic E-state index is 13.4. The van der Waals surface area contributed by atoms with Crippen LogP contribution in [0.5, 0.6) is 0 Å². The SMILES string of the molecule is CCCC(C)Sc1cc(C(=O)O)ccc1F. The zero-order valence-electron chi connectivity index (χ0n) is 9.37. The minimum atomic E-state index is -1.02. The molecular formula is C12H15FO2S. The van der Waals surface area contributed by atoms with E-state index in [4.69, 9.17) is 5.11 Å². The molecule has 1 N–H and O–H groups in total. The predicted octanol–water partition coefficient (Wildman–Crippen LogP) is 3.80. The molecule has 0 heterocycles. The Hall–Kier alpha value is -1.03. The van der Waals surface area contributed by atoms with Crippen LogP contribution in [-0.4, -0.2) is 16.3 Å². The van der Waals surface area contributed by atoms with Gasteiger partial charge in [0.1, 0.15) is 5.82 Å². The van der Waals surface area contributed by atoms with Crippen molar-refractivity contribution >= 4 is 17.7 Å². The van der Waals surface area contributed by atoms with Crippen molar-refractivity contribution in [3.63, 3.8) is 0 Å². The van der Waals surface area contributed by atoms with Crippen molar-refractivity contribution in [3.05, 3.63) is 29.6 Å². The zero-order valence-corrected chi connectivity index (χ0v) is 10.2. The molecule has 0 amide bonds. The van der Waals surface area contributed by atoms with Crippen LogP contribution in [-0.2, 0) is 0 Å². The molecule has 2 nitrogen and oxygen atoms in total. The Morgan fingerprint density at radius 1 is 1.56 bits per heavy atom. The smallest absolute Gasteiger partial charge is 0.335 e. The van der Waals surface area contributed by atoms with E-state index in [1.165, 1.54) is 30.0 Å².